The van der Waals surface area contributed by atoms with Gasteiger partial charge in [0.05, 0.1) is 17.9 Å². The molecule has 0 saturated heterocycles. The summed E-state index contributed by atoms with van der Waals surface area (Å²) in [6, 6.07) is 10.4. The van der Waals surface area contributed by atoms with E-state index in [4.69, 9.17) is 4.74 Å². The zero-order chi connectivity index (χ0) is 19.0. The van der Waals surface area contributed by atoms with Crippen molar-refractivity contribution in [2.24, 2.45) is 0 Å². The van der Waals surface area contributed by atoms with Gasteiger partial charge in [0.25, 0.3) is 5.56 Å². The van der Waals surface area contributed by atoms with Gasteiger partial charge >= 0.3 is 5.97 Å². The van der Waals surface area contributed by atoms with Gasteiger partial charge < -0.3 is 4.74 Å². The molecule has 27 heavy (non-hydrogen) atoms. The van der Waals surface area contributed by atoms with Crippen LogP contribution in [0.1, 0.15) is 29.4 Å². The molecule has 0 aliphatic heterocycles. The molecule has 0 amide bonds. The minimum absolute atomic E-state index is 0.292. The molecule has 0 aliphatic rings. The molecule has 4 rings (SSSR count). The second kappa shape index (κ2) is 6.88. The van der Waals surface area contributed by atoms with E-state index in [9.17, 15) is 9.59 Å². The Hall–Kier alpha value is -3.13. The second-order valence-electron chi connectivity index (χ2n) is 6.08. The van der Waals surface area contributed by atoms with Gasteiger partial charge in [0, 0.05) is 11.1 Å². The highest BCUT2D eigenvalue weighted by atomic mass is 32.1. The van der Waals surface area contributed by atoms with Gasteiger partial charge in [0.1, 0.15) is 15.0 Å². The third-order valence-corrected chi connectivity index (χ3v) is 5.13. The number of aromatic nitrogens is 4. The molecule has 3 heterocycles. The molecule has 0 fully saturated rings. The first-order valence-electron chi connectivity index (χ1n) is 8.52. The van der Waals surface area contributed by atoms with Crippen LogP contribution in [0, 0.1) is 6.92 Å². The predicted octanol–water partition coefficient (Wildman–Crippen LogP) is 3.27. The topological polar surface area (TPSA) is 87.0 Å². The number of fused-ring (bicyclic) bond motifs is 3. The molecule has 4 aromatic rings. The number of hydrogen-bond donors (Lipinski definition) is 0. The van der Waals surface area contributed by atoms with E-state index in [2.05, 4.69) is 15.3 Å². The smallest absolute Gasteiger partial charge is 0.338 e. The van der Waals surface area contributed by atoms with E-state index in [1.807, 2.05) is 26.0 Å². The first kappa shape index (κ1) is 17.3. The van der Waals surface area contributed by atoms with E-state index in [1.165, 1.54) is 16.0 Å². The summed E-state index contributed by atoms with van der Waals surface area (Å²) in [7, 11) is 0. The van der Waals surface area contributed by atoms with Crippen LogP contribution in [-0.2, 0) is 4.74 Å². The number of carbonyl (C=O) groups excluding carboxylic acids is 1. The summed E-state index contributed by atoms with van der Waals surface area (Å²) in [6.07, 6.45) is 0.743. The molecular weight excluding hydrogens is 364 g/mol. The zero-order valence-corrected chi connectivity index (χ0v) is 15.6. The van der Waals surface area contributed by atoms with Crippen molar-refractivity contribution < 1.29 is 9.53 Å². The SMILES string of the molecule is CCCOC(=O)c1cccc(-n2nnc3c(sc4nc(C)ccc43)c2=O)c1. The summed E-state index contributed by atoms with van der Waals surface area (Å²) < 4.78 is 6.83. The molecule has 0 bridgehead atoms. The fraction of sp³-hybridized carbons (Fsp3) is 0.211. The lowest BCUT2D eigenvalue weighted by atomic mass is 10.2. The summed E-state index contributed by atoms with van der Waals surface area (Å²) in [4.78, 5) is 30.3. The molecule has 136 valence electrons. The summed E-state index contributed by atoms with van der Waals surface area (Å²) in [6.45, 7) is 4.18. The Morgan fingerprint density at radius 2 is 2.11 bits per heavy atom. The number of carbonyl (C=O) groups is 1. The Bertz CT molecular complexity index is 1230. The maximum Gasteiger partial charge on any atom is 0.338 e. The molecule has 0 atom stereocenters. The number of benzene rings is 1. The number of thiophene rings is 1. The van der Waals surface area contributed by atoms with Crippen LogP contribution in [-0.4, -0.2) is 32.6 Å². The Labute approximate surface area is 158 Å². The van der Waals surface area contributed by atoms with Crippen LogP contribution in [0.3, 0.4) is 0 Å². The molecule has 0 N–H and O–H groups in total. The number of rotatable bonds is 4. The largest absolute Gasteiger partial charge is 0.462 e. The van der Waals surface area contributed by atoms with Crippen LogP contribution < -0.4 is 5.56 Å². The van der Waals surface area contributed by atoms with Crippen molar-refractivity contribution in [1.82, 2.24) is 20.0 Å². The standard InChI is InChI=1S/C19H16N4O3S/c1-3-9-26-19(25)12-5-4-6-13(10-12)23-18(24)16-15(21-22-23)14-8-7-11(2)20-17(14)27-16/h4-8,10H,3,9H2,1-2H3. The van der Waals surface area contributed by atoms with Crippen molar-refractivity contribution in [3.05, 3.63) is 58.0 Å². The highest BCUT2D eigenvalue weighted by Crippen LogP contribution is 2.28. The fourth-order valence-electron chi connectivity index (χ4n) is 2.74. The van der Waals surface area contributed by atoms with Gasteiger partial charge in [-0.1, -0.05) is 18.2 Å². The molecule has 0 saturated carbocycles. The summed E-state index contributed by atoms with van der Waals surface area (Å²) in [5.41, 5.74) is 1.95. The highest BCUT2D eigenvalue weighted by molar-refractivity contribution is 7.25. The van der Waals surface area contributed by atoms with Crippen LogP contribution in [0.4, 0.5) is 0 Å². The summed E-state index contributed by atoms with van der Waals surface area (Å²) in [5, 5.41) is 9.11. The Morgan fingerprint density at radius 1 is 1.26 bits per heavy atom. The lowest BCUT2D eigenvalue weighted by molar-refractivity contribution is 0.0505. The van der Waals surface area contributed by atoms with Crippen molar-refractivity contribution in [1.29, 1.82) is 0 Å². The molecule has 0 unspecified atom stereocenters. The van der Waals surface area contributed by atoms with Gasteiger partial charge in [0.15, 0.2) is 0 Å². The number of hydrogen-bond acceptors (Lipinski definition) is 7. The molecule has 0 radical (unpaired) electrons. The van der Waals surface area contributed by atoms with E-state index >= 15 is 0 Å². The summed E-state index contributed by atoms with van der Waals surface area (Å²) in [5.74, 6) is -0.428. The van der Waals surface area contributed by atoms with Crippen LogP contribution in [0.5, 0.6) is 0 Å². The first-order valence-corrected chi connectivity index (χ1v) is 9.33. The number of aryl methyl sites for hydroxylation is 1. The van der Waals surface area contributed by atoms with Crippen molar-refractivity contribution >= 4 is 37.7 Å². The number of ether oxygens (including phenoxy) is 1. The molecule has 7 nitrogen and oxygen atoms in total. The number of esters is 1. The Morgan fingerprint density at radius 3 is 2.93 bits per heavy atom. The number of nitrogens with zero attached hydrogens (tertiary/aromatic N) is 4. The Balaban J connectivity index is 1.83. The van der Waals surface area contributed by atoms with E-state index in [0.717, 1.165) is 22.3 Å². The zero-order valence-electron chi connectivity index (χ0n) is 14.8. The van der Waals surface area contributed by atoms with Crippen molar-refractivity contribution in [2.45, 2.75) is 20.3 Å². The van der Waals surface area contributed by atoms with E-state index in [1.54, 1.807) is 24.3 Å². The van der Waals surface area contributed by atoms with Crippen LogP contribution in [0.15, 0.2) is 41.2 Å². The van der Waals surface area contributed by atoms with Gasteiger partial charge in [-0.05, 0) is 43.7 Å². The minimum Gasteiger partial charge on any atom is -0.462 e. The second-order valence-corrected chi connectivity index (χ2v) is 7.08. The average Bonchev–Trinajstić information content (AvgIpc) is 3.05. The Kier molecular flexibility index (Phi) is 4.41. The van der Waals surface area contributed by atoms with Gasteiger partial charge in [0.2, 0.25) is 0 Å². The highest BCUT2D eigenvalue weighted by Gasteiger charge is 2.16. The third-order valence-electron chi connectivity index (χ3n) is 4.05. The summed E-state index contributed by atoms with van der Waals surface area (Å²) >= 11 is 1.29. The van der Waals surface area contributed by atoms with Crippen LogP contribution in [0.25, 0.3) is 26.1 Å². The van der Waals surface area contributed by atoms with Gasteiger partial charge in [-0.15, -0.1) is 16.4 Å². The van der Waals surface area contributed by atoms with E-state index in [-0.39, 0.29) is 5.56 Å². The van der Waals surface area contributed by atoms with E-state index in [0.29, 0.717) is 28.1 Å². The van der Waals surface area contributed by atoms with E-state index < -0.39 is 5.97 Å². The molecular formula is C19H16N4O3S. The first-order chi connectivity index (χ1) is 13.1. The lowest BCUT2D eigenvalue weighted by Gasteiger charge is -2.06. The van der Waals surface area contributed by atoms with Gasteiger partial charge in [-0.25, -0.2) is 9.78 Å². The van der Waals surface area contributed by atoms with Crippen molar-refractivity contribution in [3.63, 3.8) is 0 Å². The fourth-order valence-corrected chi connectivity index (χ4v) is 3.82. The molecule has 0 aliphatic carbocycles. The van der Waals surface area contributed by atoms with Crippen LogP contribution >= 0.6 is 11.3 Å². The van der Waals surface area contributed by atoms with Crippen molar-refractivity contribution in [2.75, 3.05) is 6.61 Å². The predicted molar refractivity (Wildman–Crippen MR) is 104 cm³/mol. The lowest BCUT2D eigenvalue weighted by Crippen LogP contribution is -2.22. The average molecular weight is 380 g/mol. The molecule has 3 aromatic heterocycles. The van der Waals surface area contributed by atoms with Gasteiger partial charge in [-0.2, -0.15) is 4.68 Å². The monoisotopic (exact) mass is 380 g/mol. The third kappa shape index (κ3) is 3.08. The van der Waals surface area contributed by atoms with Crippen molar-refractivity contribution in [3.8, 4) is 5.69 Å². The maximum atomic E-state index is 13.0. The quantitative estimate of drug-likeness (QED) is 0.505. The van der Waals surface area contributed by atoms with Crippen LogP contribution in [0.2, 0.25) is 0 Å². The minimum atomic E-state index is -0.428. The molecule has 0 spiro atoms. The number of pyridine rings is 1. The molecule has 1 aromatic carbocycles. The molecule has 8 heteroatoms. The maximum absolute atomic E-state index is 13.0. The normalized spacial score (nSPS) is 11.2. The van der Waals surface area contributed by atoms with Gasteiger partial charge in [-0.3, -0.25) is 4.79 Å².